The predicted octanol–water partition coefficient (Wildman–Crippen LogP) is 4.43. The summed E-state index contributed by atoms with van der Waals surface area (Å²) in [7, 11) is 3.29. The van der Waals surface area contributed by atoms with E-state index in [2.05, 4.69) is 15.9 Å². The Kier molecular flexibility index (Phi) is 5.19. The first-order chi connectivity index (χ1) is 10.4. The Morgan fingerprint density at radius 1 is 1.27 bits per heavy atom. The highest BCUT2D eigenvalue weighted by Gasteiger charge is 2.22. The zero-order chi connectivity index (χ0) is 16.3. The number of carbonyl (C=O) groups excluding carboxylic acids is 1. The summed E-state index contributed by atoms with van der Waals surface area (Å²) < 4.78 is 19.3. The van der Waals surface area contributed by atoms with Gasteiger partial charge in [-0.05, 0) is 31.2 Å². The van der Waals surface area contributed by atoms with Gasteiger partial charge in [0.1, 0.15) is 11.6 Å². The van der Waals surface area contributed by atoms with Crippen LogP contribution in [0.1, 0.15) is 28.9 Å². The summed E-state index contributed by atoms with van der Waals surface area (Å²) in [6, 6.07) is 11.5. The highest BCUT2D eigenvalue weighted by molar-refractivity contribution is 9.10. The van der Waals surface area contributed by atoms with Crippen LogP contribution in [-0.4, -0.2) is 25.0 Å². The molecule has 1 unspecified atom stereocenters. The topological polar surface area (TPSA) is 29.5 Å². The second-order valence-corrected chi connectivity index (χ2v) is 5.91. The number of ether oxygens (including phenoxy) is 1. The lowest BCUT2D eigenvalue weighted by Crippen LogP contribution is -2.30. The van der Waals surface area contributed by atoms with Crippen LogP contribution in [0.2, 0.25) is 0 Å². The molecular formula is C17H17BrFNO2. The number of carbonyl (C=O) groups is 1. The molecule has 0 aliphatic rings. The normalized spacial score (nSPS) is 11.9. The Labute approximate surface area is 137 Å². The lowest BCUT2D eigenvalue weighted by molar-refractivity contribution is 0.0740. The quantitative estimate of drug-likeness (QED) is 0.801. The molecule has 0 saturated heterocycles. The van der Waals surface area contributed by atoms with Gasteiger partial charge in [0.05, 0.1) is 13.2 Å². The first-order valence-electron chi connectivity index (χ1n) is 6.80. The Morgan fingerprint density at radius 3 is 2.59 bits per heavy atom. The maximum Gasteiger partial charge on any atom is 0.254 e. The van der Waals surface area contributed by atoms with E-state index in [1.165, 1.54) is 12.1 Å². The van der Waals surface area contributed by atoms with Crippen LogP contribution in [0.5, 0.6) is 5.75 Å². The van der Waals surface area contributed by atoms with Gasteiger partial charge in [-0.25, -0.2) is 4.39 Å². The molecule has 0 saturated carbocycles. The summed E-state index contributed by atoms with van der Waals surface area (Å²) in [5.41, 5.74) is 1.20. The van der Waals surface area contributed by atoms with Crippen LogP contribution in [0, 0.1) is 5.82 Å². The number of benzene rings is 2. The smallest absolute Gasteiger partial charge is 0.254 e. The van der Waals surface area contributed by atoms with Crippen molar-refractivity contribution in [3.63, 3.8) is 0 Å². The van der Waals surface area contributed by atoms with E-state index in [4.69, 9.17) is 4.74 Å². The van der Waals surface area contributed by atoms with E-state index >= 15 is 0 Å². The lowest BCUT2D eigenvalue weighted by atomic mass is 10.0. The Morgan fingerprint density at radius 2 is 1.95 bits per heavy atom. The minimum atomic E-state index is -0.448. The van der Waals surface area contributed by atoms with Crippen LogP contribution in [0.4, 0.5) is 4.39 Å². The maximum absolute atomic E-state index is 13.5. The van der Waals surface area contributed by atoms with E-state index in [0.717, 1.165) is 11.3 Å². The molecule has 0 aliphatic heterocycles. The minimum Gasteiger partial charge on any atom is -0.496 e. The molecule has 5 heteroatoms. The molecule has 3 nitrogen and oxygen atoms in total. The summed E-state index contributed by atoms with van der Waals surface area (Å²) in [5.74, 6) is 0.0183. The van der Waals surface area contributed by atoms with Gasteiger partial charge < -0.3 is 9.64 Å². The van der Waals surface area contributed by atoms with Gasteiger partial charge in [0.15, 0.2) is 0 Å². The Hall–Kier alpha value is -1.88. The number of hydrogen-bond acceptors (Lipinski definition) is 2. The Balaban J connectivity index is 2.30. The molecule has 22 heavy (non-hydrogen) atoms. The fraction of sp³-hybridized carbons (Fsp3) is 0.235. The highest BCUT2D eigenvalue weighted by atomic mass is 79.9. The van der Waals surface area contributed by atoms with Crippen LogP contribution in [-0.2, 0) is 0 Å². The standard InChI is InChI=1S/C17H17BrFNO2/c1-11(15-6-4-5-7-16(15)22-3)20(2)17(21)12-8-13(18)10-14(19)9-12/h4-11H,1-3H3. The van der Waals surface area contributed by atoms with Crippen molar-refractivity contribution in [3.05, 3.63) is 63.9 Å². The van der Waals surface area contributed by atoms with Crippen molar-refractivity contribution >= 4 is 21.8 Å². The number of nitrogens with zero attached hydrogens (tertiary/aromatic N) is 1. The van der Waals surface area contributed by atoms with E-state index < -0.39 is 5.82 Å². The summed E-state index contributed by atoms with van der Waals surface area (Å²) in [6.45, 7) is 1.91. The summed E-state index contributed by atoms with van der Waals surface area (Å²) in [4.78, 5) is 14.1. The maximum atomic E-state index is 13.5. The van der Waals surface area contributed by atoms with Gasteiger partial charge in [-0.3, -0.25) is 4.79 Å². The predicted molar refractivity (Wildman–Crippen MR) is 87.6 cm³/mol. The number of hydrogen-bond donors (Lipinski definition) is 0. The third-order valence-corrected chi connectivity index (χ3v) is 4.06. The average Bonchev–Trinajstić information content (AvgIpc) is 2.51. The SMILES string of the molecule is COc1ccccc1C(C)N(C)C(=O)c1cc(F)cc(Br)c1. The number of amides is 1. The largest absolute Gasteiger partial charge is 0.496 e. The minimum absolute atomic E-state index is 0.203. The third kappa shape index (κ3) is 3.47. The summed E-state index contributed by atoms with van der Waals surface area (Å²) >= 11 is 3.20. The van der Waals surface area contributed by atoms with Crippen molar-refractivity contribution in [2.45, 2.75) is 13.0 Å². The molecule has 0 bridgehead atoms. The third-order valence-electron chi connectivity index (χ3n) is 3.60. The number of halogens is 2. The molecule has 2 aromatic rings. The molecule has 0 aliphatic carbocycles. The molecule has 0 fully saturated rings. The molecule has 1 atom stereocenters. The van der Waals surface area contributed by atoms with Gasteiger partial charge in [0.2, 0.25) is 0 Å². The van der Waals surface area contributed by atoms with Crippen molar-refractivity contribution in [3.8, 4) is 5.75 Å². The Bertz CT molecular complexity index is 670. The molecule has 0 N–H and O–H groups in total. The van der Waals surface area contributed by atoms with Gasteiger partial charge in [-0.15, -0.1) is 0 Å². The first kappa shape index (κ1) is 16.5. The number of para-hydroxylation sites is 1. The molecule has 0 heterocycles. The van der Waals surface area contributed by atoms with E-state index in [1.54, 1.807) is 25.1 Å². The molecule has 116 valence electrons. The van der Waals surface area contributed by atoms with Gasteiger partial charge in [0.25, 0.3) is 5.91 Å². The zero-order valence-corrected chi connectivity index (χ0v) is 14.2. The van der Waals surface area contributed by atoms with Crippen molar-refractivity contribution < 1.29 is 13.9 Å². The molecule has 2 rings (SSSR count). The van der Waals surface area contributed by atoms with Gasteiger partial charge in [0, 0.05) is 22.6 Å². The van der Waals surface area contributed by atoms with Crippen LogP contribution in [0.25, 0.3) is 0 Å². The molecule has 2 aromatic carbocycles. The van der Waals surface area contributed by atoms with Crippen LogP contribution in [0.3, 0.4) is 0 Å². The average molecular weight is 366 g/mol. The summed E-state index contributed by atoms with van der Waals surface area (Å²) in [6.07, 6.45) is 0. The molecule has 0 spiro atoms. The second-order valence-electron chi connectivity index (χ2n) is 4.99. The molecule has 0 radical (unpaired) electrons. The second kappa shape index (κ2) is 6.92. The molecule has 0 aromatic heterocycles. The monoisotopic (exact) mass is 365 g/mol. The van der Waals surface area contributed by atoms with E-state index in [0.29, 0.717) is 10.0 Å². The molecule has 1 amide bonds. The number of methoxy groups -OCH3 is 1. The van der Waals surface area contributed by atoms with Crippen LogP contribution >= 0.6 is 15.9 Å². The first-order valence-corrected chi connectivity index (χ1v) is 7.59. The van der Waals surface area contributed by atoms with Crippen molar-refractivity contribution in [1.29, 1.82) is 0 Å². The van der Waals surface area contributed by atoms with Crippen LogP contribution < -0.4 is 4.74 Å². The van der Waals surface area contributed by atoms with Gasteiger partial charge >= 0.3 is 0 Å². The summed E-state index contributed by atoms with van der Waals surface area (Å²) in [5, 5.41) is 0. The van der Waals surface area contributed by atoms with Crippen molar-refractivity contribution in [2.24, 2.45) is 0 Å². The van der Waals surface area contributed by atoms with E-state index in [1.807, 2.05) is 31.2 Å². The van der Waals surface area contributed by atoms with Crippen molar-refractivity contribution in [2.75, 3.05) is 14.2 Å². The van der Waals surface area contributed by atoms with E-state index in [9.17, 15) is 9.18 Å². The van der Waals surface area contributed by atoms with Crippen molar-refractivity contribution in [1.82, 2.24) is 4.90 Å². The number of rotatable bonds is 4. The van der Waals surface area contributed by atoms with E-state index in [-0.39, 0.29) is 11.9 Å². The lowest BCUT2D eigenvalue weighted by Gasteiger charge is -2.26. The fourth-order valence-electron chi connectivity index (χ4n) is 2.28. The highest BCUT2D eigenvalue weighted by Crippen LogP contribution is 2.29. The fourth-order valence-corrected chi connectivity index (χ4v) is 2.74. The van der Waals surface area contributed by atoms with Gasteiger partial charge in [-0.1, -0.05) is 34.1 Å². The van der Waals surface area contributed by atoms with Gasteiger partial charge in [-0.2, -0.15) is 0 Å². The zero-order valence-electron chi connectivity index (χ0n) is 12.6. The molecular weight excluding hydrogens is 349 g/mol. The van der Waals surface area contributed by atoms with Crippen LogP contribution in [0.15, 0.2) is 46.9 Å².